The summed E-state index contributed by atoms with van der Waals surface area (Å²) in [6.45, 7) is 6.27. The molecule has 0 saturated carbocycles. The Morgan fingerprint density at radius 3 is 2.11 bits per heavy atom. The van der Waals surface area contributed by atoms with Crippen molar-refractivity contribution in [3.8, 4) is 11.1 Å². The Balaban J connectivity index is 2.43. The molecule has 0 bridgehead atoms. The van der Waals surface area contributed by atoms with Crippen LogP contribution in [0.25, 0.3) is 11.1 Å². The Morgan fingerprint density at radius 1 is 0.947 bits per heavy atom. The van der Waals surface area contributed by atoms with E-state index in [-0.39, 0.29) is 0 Å². The highest BCUT2D eigenvalue weighted by atomic mass is 16.5. The summed E-state index contributed by atoms with van der Waals surface area (Å²) in [5, 5.41) is 8.59. The average Bonchev–Trinajstić information content (AvgIpc) is 2.42. The lowest BCUT2D eigenvalue weighted by Crippen LogP contribution is -2.18. The molecule has 2 N–H and O–H groups in total. The van der Waals surface area contributed by atoms with Crippen LogP contribution in [-0.4, -0.2) is 11.1 Å². The van der Waals surface area contributed by atoms with Gasteiger partial charge in [-0.3, -0.25) is 10.0 Å². The summed E-state index contributed by atoms with van der Waals surface area (Å²) in [5.74, 6) is -0.497. The van der Waals surface area contributed by atoms with Crippen molar-refractivity contribution in [2.75, 3.05) is 0 Å². The predicted molar refractivity (Wildman–Crippen MR) is 75.3 cm³/mol. The topological polar surface area (TPSA) is 49.3 Å². The molecule has 19 heavy (non-hydrogen) atoms. The number of benzene rings is 2. The van der Waals surface area contributed by atoms with Crippen molar-refractivity contribution in [2.24, 2.45) is 0 Å². The van der Waals surface area contributed by atoms with Crippen LogP contribution in [0, 0.1) is 20.8 Å². The second-order valence-electron chi connectivity index (χ2n) is 4.77. The standard InChI is InChI=1S/C16H17NO2/c1-10-8-12(3)15(9-11(10)2)13-4-6-14(7-5-13)16(18)17-19/h4-9,19H,1-3H3,(H,17,18). The minimum atomic E-state index is -0.497. The monoisotopic (exact) mass is 255 g/mol. The number of carbonyl (C=O) groups is 1. The highest BCUT2D eigenvalue weighted by molar-refractivity contribution is 5.93. The molecule has 0 heterocycles. The maximum absolute atomic E-state index is 11.3. The average molecular weight is 255 g/mol. The molecular weight excluding hydrogens is 238 g/mol. The van der Waals surface area contributed by atoms with Gasteiger partial charge in [-0.15, -0.1) is 0 Å². The molecule has 1 amide bonds. The normalized spacial score (nSPS) is 10.3. The van der Waals surface area contributed by atoms with Gasteiger partial charge >= 0.3 is 0 Å². The predicted octanol–water partition coefficient (Wildman–Crippen LogP) is 3.40. The molecule has 0 radical (unpaired) electrons. The maximum atomic E-state index is 11.3. The zero-order chi connectivity index (χ0) is 14.0. The molecule has 0 aliphatic rings. The van der Waals surface area contributed by atoms with Crippen LogP contribution < -0.4 is 5.48 Å². The summed E-state index contributed by atoms with van der Waals surface area (Å²) in [6.07, 6.45) is 0. The van der Waals surface area contributed by atoms with Gasteiger partial charge in [0, 0.05) is 5.56 Å². The quantitative estimate of drug-likeness (QED) is 0.638. The third-order valence-electron chi connectivity index (χ3n) is 3.40. The van der Waals surface area contributed by atoms with Crippen molar-refractivity contribution in [2.45, 2.75) is 20.8 Å². The molecule has 3 nitrogen and oxygen atoms in total. The maximum Gasteiger partial charge on any atom is 0.274 e. The van der Waals surface area contributed by atoms with E-state index in [1.807, 2.05) is 12.1 Å². The number of carbonyl (C=O) groups excluding carboxylic acids is 1. The first-order chi connectivity index (χ1) is 9.02. The number of amides is 1. The van der Waals surface area contributed by atoms with E-state index in [9.17, 15) is 4.79 Å². The van der Waals surface area contributed by atoms with E-state index in [1.165, 1.54) is 22.3 Å². The molecule has 2 aromatic rings. The van der Waals surface area contributed by atoms with Gasteiger partial charge in [0.05, 0.1) is 0 Å². The number of hydroxylamine groups is 1. The minimum Gasteiger partial charge on any atom is -0.288 e. The van der Waals surface area contributed by atoms with Crippen LogP contribution in [0.3, 0.4) is 0 Å². The molecular formula is C16H17NO2. The zero-order valence-electron chi connectivity index (χ0n) is 11.3. The number of nitrogens with one attached hydrogen (secondary N) is 1. The van der Waals surface area contributed by atoms with Crippen molar-refractivity contribution in [1.82, 2.24) is 5.48 Å². The molecule has 2 aromatic carbocycles. The molecule has 98 valence electrons. The highest BCUT2D eigenvalue weighted by Crippen LogP contribution is 2.26. The van der Waals surface area contributed by atoms with E-state index < -0.39 is 5.91 Å². The van der Waals surface area contributed by atoms with Gasteiger partial charge in [-0.25, -0.2) is 5.48 Å². The number of rotatable bonds is 2. The van der Waals surface area contributed by atoms with Gasteiger partial charge in [-0.2, -0.15) is 0 Å². The van der Waals surface area contributed by atoms with Crippen molar-refractivity contribution in [1.29, 1.82) is 0 Å². The van der Waals surface area contributed by atoms with Gasteiger partial charge in [0.25, 0.3) is 5.91 Å². The molecule has 0 fully saturated rings. The summed E-state index contributed by atoms with van der Waals surface area (Å²) in [5.41, 5.74) is 8.03. The fraction of sp³-hybridized carbons (Fsp3) is 0.188. The van der Waals surface area contributed by atoms with Crippen LogP contribution >= 0.6 is 0 Å². The number of hydrogen-bond acceptors (Lipinski definition) is 2. The second kappa shape index (κ2) is 5.24. The van der Waals surface area contributed by atoms with Gasteiger partial charge in [0.1, 0.15) is 0 Å². The van der Waals surface area contributed by atoms with Gasteiger partial charge in [0.15, 0.2) is 0 Å². The fourth-order valence-electron chi connectivity index (χ4n) is 2.14. The third kappa shape index (κ3) is 2.66. The Labute approximate surface area is 112 Å². The van der Waals surface area contributed by atoms with Crippen molar-refractivity contribution >= 4 is 5.91 Å². The SMILES string of the molecule is Cc1cc(C)c(-c2ccc(C(=O)NO)cc2)cc1C. The molecule has 0 unspecified atom stereocenters. The number of hydrogen-bond donors (Lipinski definition) is 2. The molecule has 0 aromatic heterocycles. The summed E-state index contributed by atoms with van der Waals surface area (Å²) in [6, 6.07) is 11.5. The first-order valence-electron chi connectivity index (χ1n) is 6.15. The van der Waals surface area contributed by atoms with Crippen LogP contribution in [-0.2, 0) is 0 Å². The lowest BCUT2D eigenvalue weighted by atomic mass is 9.95. The largest absolute Gasteiger partial charge is 0.288 e. The Kier molecular flexibility index (Phi) is 3.67. The molecule has 0 aliphatic carbocycles. The first-order valence-corrected chi connectivity index (χ1v) is 6.15. The number of aryl methyl sites for hydroxylation is 3. The van der Waals surface area contributed by atoms with Crippen LogP contribution in [0.5, 0.6) is 0 Å². The summed E-state index contributed by atoms with van der Waals surface area (Å²) in [4.78, 5) is 11.3. The van der Waals surface area contributed by atoms with Crippen molar-refractivity contribution in [3.63, 3.8) is 0 Å². The van der Waals surface area contributed by atoms with Crippen LogP contribution in [0.15, 0.2) is 36.4 Å². The highest BCUT2D eigenvalue weighted by Gasteiger charge is 2.07. The summed E-state index contributed by atoms with van der Waals surface area (Å²) in [7, 11) is 0. The molecule has 0 spiro atoms. The van der Waals surface area contributed by atoms with Crippen molar-refractivity contribution < 1.29 is 10.0 Å². The molecule has 2 rings (SSSR count). The van der Waals surface area contributed by atoms with E-state index in [0.717, 1.165) is 5.56 Å². The Bertz CT molecular complexity index is 615. The van der Waals surface area contributed by atoms with Gasteiger partial charge in [-0.1, -0.05) is 24.3 Å². The molecule has 0 atom stereocenters. The van der Waals surface area contributed by atoms with E-state index in [2.05, 4.69) is 32.9 Å². The van der Waals surface area contributed by atoms with Crippen LogP contribution in [0.1, 0.15) is 27.0 Å². The third-order valence-corrected chi connectivity index (χ3v) is 3.40. The van der Waals surface area contributed by atoms with E-state index >= 15 is 0 Å². The fourth-order valence-corrected chi connectivity index (χ4v) is 2.14. The van der Waals surface area contributed by atoms with Crippen molar-refractivity contribution in [3.05, 3.63) is 58.7 Å². The second-order valence-corrected chi connectivity index (χ2v) is 4.77. The zero-order valence-corrected chi connectivity index (χ0v) is 11.3. The smallest absolute Gasteiger partial charge is 0.274 e. The minimum absolute atomic E-state index is 0.438. The lowest BCUT2D eigenvalue weighted by Gasteiger charge is -2.10. The first kappa shape index (κ1) is 13.3. The lowest BCUT2D eigenvalue weighted by molar-refractivity contribution is 0.0706. The Hall–Kier alpha value is -2.13. The van der Waals surface area contributed by atoms with E-state index in [0.29, 0.717) is 5.56 Å². The van der Waals surface area contributed by atoms with Crippen LogP contribution in [0.4, 0.5) is 0 Å². The van der Waals surface area contributed by atoms with E-state index in [1.54, 1.807) is 17.6 Å². The van der Waals surface area contributed by atoms with Gasteiger partial charge in [0.2, 0.25) is 0 Å². The van der Waals surface area contributed by atoms with Crippen LogP contribution in [0.2, 0.25) is 0 Å². The summed E-state index contributed by atoms with van der Waals surface area (Å²) >= 11 is 0. The summed E-state index contributed by atoms with van der Waals surface area (Å²) < 4.78 is 0. The molecule has 3 heteroatoms. The van der Waals surface area contributed by atoms with Gasteiger partial charge < -0.3 is 0 Å². The molecule has 0 aliphatic heterocycles. The van der Waals surface area contributed by atoms with E-state index in [4.69, 9.17) is 5.21 Å². The Morgan fingerprint density at radius 2 is 1.53 bits per heavy atom. The molecule has 0 saturated heterocycles. The van der Waals surface area contributed by atoms with Gasteiger partial charge in [-0.05, 0) is 60.7 Å².